The second-order valence-electron chi connectivity index (χ2n) is 8.51. The van der Waals surface area contributed by atoms with Crippen LogP contribution in [-0.4, -0.2) is 46.3 Å². The first-order valence-electron chi connectivity index (χ1n) is 11.1. The minimum absolute atomic E-state index is 0.108. The molecule has 9 heteroatoms. The minimum Gasteiger partial charge on any atom is -0.342 e. The van der Waals surface area contributed by atoms with E-state index in [1.54, 1.807) is 24.3 Å². The van der Waals surface area contributed by atoms with E-state index in [4.69, 9.17) is 28.9 Å². The monoisotopic (exact) mass is 487 g/mol. The molecule has 2 aromatic carbocycles. The fourth-order valence-electron chi connectivity index (χ4n) is 4.27. The van der Waals surface area contributed by atoms with Crippen LogP contribution in [0.5, 0.6) is 0 Å². The van der Waals surface area contributed by atoms with Gasteiger partial charge in [0.1, 0.15) is 5.82 Å². The summed E-state index contributed by atoms with van der Waals surface area (Å²) >= 11 is 12.5. The highest BCUT2D eigenvalue weighted by molar-refractivity contribution is 6.34. The zero-order valence-electron chi connectivity index (χ0n) is 18.4. The topological polar surface area (TPSA) is 104 Å². The van der Waals surface area contributed by atoms with E-state index < -0.39 is 0 Å². The van der Waals surface area contributed by atoms with Crippen LogP contribution in [0.4, 0.5) is 0 Å². The highest BCUT2D eigenvalue weighted by Crippen LogP contribution is 2.25. The Bertz CT molecular complexity index is 1180. The van der Waals surface area contributed by atoms with Gasteiger partial charge >= 0.3 is 0 Å². The van der Waals surface area contributed by atoms with Crippen LogP contribution < -0.4 is 11.1 Å². The number of carbonyl (C=O) groups excluding carboxylic acids is 2. The molecular weight excluding hydrogens is 461 g/mol. The number of nitrogens with one attached hydrogen (secondary N) is 2. The van der Waals surface area contributed by atoms with Crippen molar-refractivity contribution >= 4 is 46.0 Å². The summed E-state index contributed by atoms with van der Waals surface area (Å²) in [6.07, 6.45) is 2.96. The van der Waals surface area contributed by atoms with Gasteiger partial charge in [-0.25, -0.2) is 4.98 Å². The van der Waals surface area contributed by atoms with Crippen LogP contribution in [0.25, 0.3) is 11.0 Å². The van der Waals surface area contributed by atoms with E-state index >= 15 is 0 Å². The molecule has 4 rings (SSSR count). The number of hydrogen-bond acceptors (Lipinski definition) is 4. The van der Waals surface area contributed by atoms with Gasteiger partial charge in [-0.3, -0.25) is 9.59 Å². The predicted octanol–water partition coefficient (Wildman–Crippen LogP) is 4.56. The van der Waals surface area contributed by atoms with Crippen LogP contribution in [0.15, 0.2) is 36.4 Å². The lowest BCUT2D eigenvalue weighted by molar-refractivity contribution is 0.0669. The molecule has 1 saturated heterocycles. The second-order valence-corrected chi connectivity index (χ2v) is 9.35. The Balaban J connectivity index is 1.44. The third kappa shape index (κ3) is 5.32. The molecule has 4 N–H and O–H groups in total. The van der Waals surface area contributed by atoms with Gasteiger partial charge in [0.05, 0.1) is 27.7 Å². The first-order chi connectivity index (χ1) is 15.9. The van der Waals surface area contributed by atoms with Crippen molar-refractivity contribution in [2.45, 2.75) is 32.2 Å². The first-order valence-corrected chi connectivity index (χ1v) is 11.9. The van der Waals surface area contributed by atoms with Gasteiger partial charge in [0, 0.05) is 23.7 Å². The molecule has 2 heterocycles. The molecule has 0 radical (unpaired) electrons. The maximum atomic E-state index is 13.0. The molecule has 174 valence electrons. The van der Waals surface area contributed by atoms with Crippen molar-refractivity contribution in [3.05, 3.63) is 63.4 Å². The number of halogens is 2. The maximum absolute atomic E-state index is 13.0. The standard InChI is InChI=1S/C24H27Cl2N5O2/c1-14(22-29-20-7-5-17(25)12-21(20)30-22)28-23(32)16-4-6-18(19(26)11-16)24(33)31-10-2-3-15(13-31)8-9-27/h4-7,11-12,14-15H,2-3,8-10,13,27H2,1H3,(H,28,32)(H,29,30). The molecule has 0 spiro atoms. The lowest BCUT2D eigenvalue weighted by Crippen LogP contribution is -2.40. The van der Waals surface area contributed by atoms with Crippen molar-refractivity contribution in [3.63, 3.8) is 0 Å². The molecule has 1 aliphatic heterocycles. The van der Waals surface area contributed by atoms with E-state index in [1.165, 1.54) is 6.07 Å². The number of aromatic amines is 1. The summed E-state index contributed by atoms with van der Waals surface area (Å²) in [5.41, 5.74) is 8.04. The van der Waals surface area contributed by atoms with Crippen LogP contribution >= 0.6 is 23.2 Å². The van der Waals surface area contributed by atoms with Gasteiger partial charge in [0.25, 0.3) is 11.8 Å². The molecule has 0 saturated carbocycles. The molecule has 3 aromatic rings. The minimum atomic E-state index is -0.364. The van der Waals surface area contributed by atoms with Gasteiger partial charge in [-0.1, -0.05) is 23.2 Å². The highest BCUT2D eigenvalue weighted by Gasteiger charge is 2.26. The first kappa shape index (κ1) is 23.5. The van der Waals surface area contributed by atoms with Crippen molar-refractivity contribution in [1.82, 2.24) is 20.2 Å². The lowest BCUT2D eigenvalue weighted by atomic mass is 9.94. The molecule has 0 bridgehead atoms. The Kier molecular flexibility index (Phi) is 7.22. The number of imidazole rings is 1. The summed E-state index contributed by atoms with van der Waals surface area (Å²) in [6.45, 7) is 3.86. The molecule has 1 aromatic heterocycles. The predicted molar refractivity (Wildman–Crippen MR) is 131 cm³/mol. The average Bonchev–Trinajstić information content (AvgIpc) is 3.22. The largest absolute Gasteiger partial charge is 0.342 e. The van der Waals surface area contributed by atoms with Gasteiger partial charge in [-0.05, 0) is 75.0 Å². The molecule has 33 heavy (non-hydrogen) atoms. The lowest BCUT2D eigenvalue weighted by Gasteiger charge is -2.33. The zero-order chi connectivity index (χ0) is 23.5. The molecular formula is C24H27Cl2N5O2. The normalized spacial score (nSPS) is 17.2. The van der Waals surface area contributed by atoms with Crippen LogP contribution in [0.3, 0.4) is 0 Å². The summed E-state index contributed by atoms with van der Waals surface area (Å²) in [5.74, 6) is 0.633. The highest BCUT2D eigenvalue weighted by atomic mass is 35.5. The second kappa shape index (κ2) is 10.1. The number of nitrogens with zero attached hydrogens (tertiary/aromatic N) is 2. The number of piperidine rings is 1. The number of H-pyrrole nitrogens is 1. The van der Waals surface area contributed by atoms with Crippen LogP contribution in [0.2, 0.25) is 10.0 Å². The number of hydrogen-bond donors (Lipinski definition) is 3. The van der Waals surface area contributed by atoms with Crippen molar-refractivity contribution < 1.29 is 9.59 Å². The summed E-state index contributed by atoms with van der Waals surface area (Å²) < 4.78 is 0. The van der Waals surface area contributed by atoms with Gasteiger partial charge in [-0.15, -0.1) is 0 Å². The van der Waals surface area contributed by atoms with Crippen LogP contribution in [-0.2, 0) is 0 Å². The number of amides is 2. The SMILES string of the molecule is CC(NC(=O)c1ccc(C(=O)N2CCCC(CCN)C2)c(Cl)c1)c1nc2cc(Cl)ccc2[nH]1. The number of fused-ring (bicyclic) bond motifs is 1. The Morgan fingerprint density at radius 2 is 2.09 bits per heavy atom. The molecule has 0 aliphatic carbocycles. The summed E-state index contributed by atoms with van der Waals surface area (Å²) in [7, 11) is 0. The summed E-state index contributed by atoms with van der Waals surface area (Å²) in [6, 6.07) is 9.82. The Labute approximate surface area is 202 Å². The van der Waals surface area contributed by atoms with Gasteiger partial charge in [0.15, 0.2) is 0 Å². The third-order valence-corrected chi connectivity index (χ3v) is 6.61. The number of likely N-dealkylation sites (tertiary alicyclic amines) is 1. The van der Waals surface area contributed by atoms with Crippen molar-refractivity contribution in [1.29, 1.82) is 0 Å². The molecule has 2 unspecified atom stereocenters. The zero-order valence-corrected chi connectivity index (χ0v) is 19.9. The van der Waals surface area contributed by atoms with E-state index in [9.17, 15) is 9.59 Å². The Morgan fingerprint density at radius 3 is 2.85 bits per heavy atom. The molecule has 2 atom stereocenters. The maximum Gasteiger partial charge on any atom is 0.255 e. The fraction of sp³-hybridized carbons (Fsp3) is 0.375. The van der Waals surface area contributed by atoms with Crippen LogP contribution in [0.1, 0.15) is 58.8 Å². The number of nitrogens with two attached hydrogens (primary N) is 1. The molecule has 2 amide bonds. The van der Waals surface area contributed by atoms with Crippen molar-refractivity contribution in [2.75, 3.05) is 19.6 Å². The van der Waals surface area contributed by atoms with Gasteiger partial charge in [-0.2, -0.15) is 0 Å². The number of benzene rings is 2. The van der Waals surface area contributed by atoms with Gasteiger partial charge in [0.2, 0.25) is 0 Å². The van der Waals surface area contributed by atoms with Gasteiger partial charge < -0.3 is 20.9 Å². The molecule has 1 aliphatic rings. The smallest absolute Gasteiger partial charge is 0.255 e. The molecule has 7 nitrogen and oxygen atoms in total. The number of rotatable bonds is 6. The van der Waals surface area contributed by atoms with Crippen molar-refractivity contribution in [3.8, 4) is 0 Å². The number of carbonyl (C=O) groups is 2. The fourth-order valence-corrected chi connectivity index (χ4v) is 4.70. The van der Waals surface area contributed by atoms with E-state index in [1.807, 2.05) is 17.9 Å². The Hall–Kier alpha value is -2.61. The quantitative estimate of drug-likeness (QED) is 0.473. The van der Waals surface area contributed by atoms with E-state index in [0.717, 1.165) is 30.3 Å². The van der Waals surface area contributed by atoms with E-state index in [2.05, 4.69) is 15.3 Å². The van der Waals surface area contributed by atoms with E-state index in [0.29, 0.717) is 47.5 Å². The summed E-state index contributed by atoms with van der Waals surface area (Å²) in [4.78, 5) is 35.4. The molecule has 1 fully saturated rings. The van der Waals surface area contributed by atoms with Crippen LogP contribution in [0, 0.1) is 5.92 Å². The van der Waals surface area contributed by atoms with E-state index in [-0.39, 0.29) is 22.9 Å². The third-order valence-electron chi connectivity index (χ3n) is 6.06. The summed E-state index contributed by atoms with van der Waals surface area (Å²) in [5, 5.41) is 3.78. The van der Waals surface area contributed by atoms with Crippen molar-refractivity contribution in [2.24, 2.45) is 11.7 Å². The average molecular weight is 488 g/mol. The number of aromatic nitrogens is 2. The Morgan fingerprint density at radius 1 is 1.27 bits per heavy atom.